The van der Waals surface area contributed by atoms with Crippen LogP contribution in [0.2, 0.25) is 0 Å². The molecule has 0 atom stereocenters. The number of para-hydroxylation sites is 1. The zero-order valence-electron chi connectivity index (χ0n) is 10.0. The van der Waals surface area contributed by atoms with E-state index in [1.807, 2.05) is 30.3 Å². The van der Waals surface area contributed by atoms with Crippen LogP contribution >= 0.6 is 15.9 Å². The molecule has 0 radical (unpaired) electrons. The van der Waals surface area contributed by atoms with Crippen molar-refractivity contribution in [1.82, 2.24) is 4.98 Å². The molecule has 0 spiro atoms. The van der Waals surface area contributed by atoms with E-state index in [-0.39, 0.29) is 5.91 Å². The number of aromatic nitrogens is 1. The lowest BCUT2D eigenvalue weighted by Crippen LogP contribution is -2.11. The first-order valence-electron chi connectivity index (χ1n) is 6.01. The summed E-state index contributed by atoms with van der Waals surface area (Å²) >= 11 is 3.36. The Kier molecular flexibility index (Phi) is 4.70. The van der Waals surface area contributed by atoms with E-state index in [0.717, 1.165) is 34.8 Å². The Bertz CT molecular complexity index is 537. The van der Waals surface area contributed by atoms with Crippen LogP contribution in [-0.4, -0.2) is 16.2 Å². The van der Waals surface area contributed by atoms with Gasteiger partial charge in [0.2, 0.25) is 5.91 Å². The van der Waals surface area contributed by atoms with E-state index in [1.165, 1.54) is 0 Å². The zero-order valence-corrected chi connectivity index (χ0v) is 11.6. The van der Waals surface area contributed by atoms with Crippen LogP contribution in [0.4, 0.5) is 5.69 Å². The highest BCUT2D eigenvalue weighted by molar-refractivity contribution is 9.09. The Labute approximate surface area is 115 Å². The van der Waals surface area contributed by atoms with Crippen molar-refractivity contribution < 1.29 is 4.79 Å². The molecule has 0 bridgehead atoms. The van der Waals surface area contributed by atoms with E-state index in [0.29, 0.717) is 6.42 Å². The average molecular weight is 307 g/mol. The van der Waals surface area contributed by atoms with Gasteiger partial charge in [-0.25, -0.2) is 0 Å². The number of unbranched alkanes of at least 4 members (excludes halogenated alkanes) is 1. The average Bonchev–Trinajstić information content (AvgIpc) is 2.39. The Balaban J connectivity index is 2.09. The molecule has 0 saturated carbocycles. The van der Waals surface area contributed by atoms with Gasteiger partial charge in [-0.15, -0.1) is 0 Å². The third-order valence-corrected chi connectivity index (χ3v) is 3.26. The summed E-state index contributed by atoms with van der Waals surface area (Å²) in [5, 5.41) is 4.91. The van der Waals surface area contributed by atoms with E-state index in [2.05, 4.69) is 26.2 Å². The minimum atomic E-state index is 0.0501. The van der Waals surface area contributed by atoms with Crippen molar-refractivity contribution in [3.63, 3.8) is 0 Å². The molecule has 0 fully saturated rings. The Hall–Kier alpha value is -1.42. The van der Waals surface area contributed by atoms with Gasteiger partial charge >= 0.3 is 0 Å². The minimum absolute atomic E-state index is 0.0501. The molecule has 18 heavy (non-hydrogen) atoms. The quantitative estimate of drug-likeness (QED) is 0.675. The van der Waals surface area contributed by atoms with Gasteiger partial charge in [-0.2, -0.15) is 0 Å². The lowest BCUT2D eigenvalue weighted by atomic mass is 10.2. The number of amides is 1. The van der Waals surface area contributed by atoms with Gasteiger partial charge in [0.25, 0.3) is 0 Å². The molecule has 0 aliphatic heterocycles. The normalized spacial score (nSPS) is 10.5. The fourth-order valence-corrected chi connectivity index (χ4v) is 2.19. The standard InChI is InChI=1S/C14H15BrN2O/c15-9-2-1-8-13(18)17-12-7-3-5-11-6-4-10-16-14(11)12/h3-7,10H,1-2,8-9H2,(H,17,18). The molecule has 94 valence electrons. The number of nitrogens with zero attached hydrogens (tertiary/aromatic N) is 1. The first-order valence-corrected chi connectivity index (χ1v) is 7.13. The van der Waals surface area contributed by atoms with Crippen molar-refractivity contribution in [2.24, 2.45) is 0 Å². The number of pyridine rings is 1. The second-order valence-electron chi connectivity index (χ2n) is 4.07. The number of benzene rings is 1. The first-order chi connectivity index (χ1) is 8.81. The number of halogens is 1. The SMILES string of the molecule is O=C(CCCCBr)Nc1cccc2cccnc12. The summed E-state index contributed by atoms with van der Waals surface area (Å²) in [6.45, 7) is 0. The van der Waals surface area contributed by atoms with Crippen LogP contribution in [0.5, 0.6) is 0 Å². The smallest absolute Gasteiger partial charge is 0.224 e. The summed E-state index contributed by atoms with van der Waals surface area (Å²) in [4.78, 5) is 16.1. The van der Waals surface area contributed by atoms with Crippen molar-refractivity contribution in [3.8, 4) is 0 Å². The second kappa shape index (κ2) is 6.50. The Morgan fingerprint density at radius 2 is 2.06 bits per heavy atom. The molecule has 0 aliphatic carbocycles. The van der Waals surface area contributed by atoms with Gasteiger partial charge in [0, 0.05) is 23.3 Å². The first kappa shape index (κ1) is 13.0. The predicted octanol–water partition coefficient (Wildman–Crippen LogP) is 3.74. The van der Waals surface area contributed by atoms with Gasteiger partial charge in [0.15, 0.2) is 0 Å². The Morgan fingerprint density at radius 1 is 1.22 bits per heavy atom. The van der Waals surface area contributed by atoms with Crippen LogP contribution in [0.3, 0.4) is 0 Å². The third-order valence-electron chi connectivity index (χ3n) is 2.69. The Morgan fingerprint density at radius 3 is 2.89 bits per heavy atom. The van der Waals surface area contributed by atoms with Crippen LogP contribution in [-0.2, 0) is 4.79 Å². The number of fused-ring (bicyclic) bond motifs is 1. The monoisotopic (exact) mass is 306 g/mol. The van der Waals surface area contributed by atoms with E-state index in [4.69, 9.17) is 0 Å². The van der Waals surface area contributed by atoms with Gasteiger partial charge in [-0.3, -0.25) is 9.78 Å². The fourth-order valence-electron chi connectivity index (χ4n) is 1.80. The molecular weight excluding hydrogens is 292 g/mol. The number of nitrogens with one attached hydrogen (secondary N) is 1. The maximum Gasteiger partial charge on any atom is 0.224 e. The number of anilines is 1. The minimum Gasteiger partial charge on any atom is -0.324 e. The maximum absolute atomic E-state index is 11.8. The van der Waals surface area contributed by atoms with Crippen LogP contribution in [0.15, 0.2) is 36.5 Å². The summed E-state index contributed by atoms with van der Waals surface area (Å²) in [5.41, 5.74) is 1.63. The third kappa shape index (κ3) is 3.29. The molecule has 3 nitrogen and oxygen atoms in total. The molecule has 1 N–H and O–H groups in total. The van der Waals surface area contributed by atoms with Gasteiger partial charge in [0.05, 0.1) is 11.2 Å². The molecule has 1 heterocycles. The van der Waals surface area contributed by atoms with Crippen LogP contribution in [0, 0.1) is 0 Å². The number of hydrogen-bond donors (Lipinski definition) is 1. The van der Waals surface area contributed by atoms with Gasteiger partial charge < -0.3 is 5.32 Å². The number of carbonyl (C=O) groups excluding carboxylic acids is 1. The molecule has 0 saturated heterocycles. The maximum atomic E-state index is 11.8. The van der Waals surface area contributed by atoms with E-state index < -0.39 is 0 Å². The number of alkyl halides is 1. The van der Waals surface area contributed by atoms with E-state index >= 15 is 0 Å². The highest BCUT2D eigenvalue weighted by Crippen LogP contribution is 2.20. The molecule has 1 amide bonds. The zero-order chi connectivity index (χ0) is 12.8. The summed E-state index contributed by atoms with van der Waals surface area (Å²) in [6.07, 6.45) is 4.20. The molecular formula is C14H15BrN2O. The number of rotatable bonds is 5. The largest absolute Gasteiger partial charge is 0.324 e. The lowest BCUT2D eigenvalue weighted by Gasteiger charge is -2.07. The molecule has 2 aromatic rings. The van der Waals surface area contributed by atoms with E-state index in [9.17, 15) is 4.79 Å². The molecule has 1 aromatic carbocycles. The summed E-state index contributed by atoms with van der Waals surface area (Å²) in [7, 11) is 0. The molecule has 4 heteroatoms. The number of carbonyl (C=O) groups is 1. The number of hydrogen-bond acceptors (Lipinski definition) is 2. The van der Waals surface area contributed by atoms with Crippen LogP contribution in [0.1, 0.15) is 19.3 Å². The summed E-state index contributed by atoms with van der Waals surface area (Å²) in [6, 6.07) is 9.69. The summed E-state index contributed by atoms with van der Waals surface area (Å²) < 4.78 is 0. The van der Waals surface area contributed by atoms with Crippen molar-refractivity contribution in [1.29, 1.82) is 0 Å². The molecule has 1 aromatic heterocycles. The van der Waals surface area contributed by atoms with E-state index in [1.54, 1.807) is 6.20 Å². The van der Waals surface area contributed by atoms with Crippen molar-refractivity contribution in [2.45, 2.75) is 19.3 Å². The van der Waals surface area contributed by atoms with Gasteiger partial charge in [-0.05, 0) is 25.0 Å². The lowest BCUT2D eigenvalue weighted by molar-refractivity contribution is -0.116. The highest BCUT2D eigenvalue weighted by atomic mass is 79.9. The molecule has 2 rings (SSSR count). The second-order valence-corrected chi connectivity index (χ2v) is 4.87. The highest BCUT2D eigenvalue weighted by Gasteiger charge is 2.05. The van der Waals surface area contributed by atoms with Crippen molar-refractivity contribution >= 4 is 38.4 Å². The van der Waals surface area contributed by atoms with Crippen LogP contribution in [0.25, 0.3) is 10.9 Å². The molecule has 0 unspecified atom stereocenters. The van der Waals surface area contributed by atoms with Gasteiger partial charge in [0.1, 0.15) is 0 Å². The van der Waals surface area contributed by atoms with Gasteiger partial charge in [-0.1, -0.05) is 34.1 Å². The van der Waals surface area contributed by atoms with Crippen LogP contribution < -0.4 is 5.32 Å². The predicted molar refractivity (Wildman–Crippen MR) is 78.0 cm³/mol. The topological polar surface area (TPSA) is 42.0 Å². The van der Waals surface area contributed by atoms with Crippen molar-refractivity contribution in [2.75, 3.05) is 10.6 Å². The molecule has 0 aliphatic rings. The summed E-state index contributed by atoms with van der Waals surface area (Å²) in [5.74, 6) is 0.0501. The van der Waals surface area contributed by atoms with Crippen molar-refractivity contribution in [3.05, 3.63) is 36.5 Å². The fraction of sp³-hybridized carbons (Fsp3) is 0.286.